The number of esters is 1. The lowest BCUT2D eigenvalue weighted by Gasteiger charge is -2.19. The molecule has 0 bridgehead atoms. The van der Waals surface area contributed by atoms with Crippen LogP contribution in [0.4, 0.5) is 0 Å². The zero-order chi connectivity index (χ0) is 18.6. The van der Waals surface area contributed by atoms with Crippen LogP contribution in [0.1, 0.15) is 79.2 Å². The van der Waals surface area contributed by atoms with Gasteiger partial charge in [0.05, 0.1) is 6.61 Å². The number of para-hydroxylation sites is 1. The minimum absolute atomic E-state index is 0.0331. The van der Waals surface area contributed by atoms with E-state index in [9.17, 15) is 9.90 Å². The van der Waals surface area contributed by atoms with Crippen LogP contribution in [0.25, 0.3) is 0 Å². The van der Waals surface area contributed by atoms with E-state index in [1.807, 2.05) is 25.1 Å². The first-order chi connectivity index (χ1) is 11.2. The van der Waals surface area contributed by atoms with Gasteiger partial charge in [0.2, 0.25) is 0 Å². The number of benzene rings is 1. The van der Waals surface area contributed by atoms with Crippen LogP contribution in [0.5, 0.6) is 5.75 Å². The zero-order valence-corrected chi connectivity index (χ0v) is 16.4. The summed E-state index contributed by atoms with van der Waals surface area (Å²) < 4.78 is 4.96. The maximum atomic E-state index is 10.7. The van der Waals surface area contributed by atoms with Crippen molar-refractivity contribution in [3.05, 3.63) is 29.8 Å². The molecule has 0 aromatic heterocycles. The molecule has 0 amide bonds. The number of phenolic OH excluding ortho intramolecular Hbond substituents is 1. The molecule has 0 radical (unpaired) electrons. The van der Waals surface area contributed by atoms with E-state index in [0.717, 1.165) is 17.9 Å². The van der Waals surface area contributed by atoms with Crippen LogP contribution in [-0.2, 0) is 14.9 Å². The van der Waals surface area contributed by atoms with E-state index in [1.165, 1.54) is 19.3 Å². The molecule has 3 heteroatoms. The average molecular weight is 337 g/mol. The summed E-state index contributed by atoms with van der Waals surface area (Å²) in [4.78, 5) is 10.7. The Kier molecular flexibility index (Phi) is 11.2. The molecule has 0 unspecified atom stereocenters. The Labute approximate surface area is 148 Å². The summed E-state index contributed by atoms with van der Waals surface area (Å²) in [6.45, 7) is 13.1. The number of phenols is 1. The van der Waals surface area contributed by atoms with Gasteiger partial charge < -0.3 is 9.84 Å². The van der Waals surface area contributed by atoms with E-state index < -0.39 is 0 Å². The van der Waals surface area contributed by atoms with Crippen molar-refractivity contribution in [3.8, 4) is 5.75 Å². The van der Waals surface area contributed by atoms with Gasteiger partial charge in [-0.1, -0.05) is 79.0 Å². The van der Waals surface area contributed by atoms with Crippen molar-refractivity contribution in [2.24, 2.45) is 5.92 Å². The Hall–Kier alpha value is -1.51. The molecule has 0 aliphatic carbocycles. The van der Waals surface area contributed by atoms with Crippen molar-refractivity contribution in [1.82, 2.24) is 0 Å². The second-order valence-corrected chi connectivity index (χ2v) is 7.58. The van der Waals surface area contributed by atoms with Crippen molar-refractivity contribution >= 4 is 5.97 Å². The van der Waals surface area contributed by atoms with Gasteiger partial charge in [-0.05, 0) is 29.4 Å². The molecular weight excluding hydrogens is 300 g/mol. The molecule has 1 N–H and O–H groups in total. The number of unbranched alkanes of at least 4 members (excludes halogenated alkanes) is 2. The lowest BCUT2D eigenvalue weighted by Crippen LogP contribution is -2.10. The molecular formula is C21H36O3. The number of rotatable bonds is 7. The molecule has 0 saturated carbocycles. The van der Waals surface area contributed by atoms with Gasteiger partial charge in [0.25, 0.3) is 0 Å². The molecule has 3 nitrogen and oxygen atoms in total. The molecule has 0 aliphatic heterocycles. The van der Waals surface area contributed by atoms with Crippen molar-refractivity contribution < 1.29 is 14.6 Å². The maximum absolute atomic E-state index is 10.7. The van der Waals surface area contributed by atoms with Gasteiger partial charge in [0.1, 0.15) is 5.75 Å². The largest absolute Gasteiger partial charge is 0.508 e. The van der Waals surface area contributed by atoms with Gasteiger partial charge in [0, 0.05) is 6.42 Å². The molecule has 1 aromatic rings. The summed E-state index contributed by atoms with van der Waals surface area (Å²) >= 11 is 0. The Morgan fingerprint density at radius 2 is 1.75 bits per heavy atom. The van der Waals surface area contributed by atoms with Gasteiger partial charge in [0.15, 0.2) is 0 Å². The zero-order valence-electron chi connectivity index (χ0n) is 16.4. The van der Waals surface area contributed by atoms with Crippen LogP contribution in [0, 0.1) is 5.92 Å². The molecule has 138 valence electrons. The van der Waals surface area contributed by atoms with Crippen LogP contribution < -0.4 is 0 Å². The number of aromatic hydroxyl groups is 1. The fourth-order valence-corrected chi connectivity index (χ4v) is 2.23. The van der Waals surface area contributed by atoms with E-state index >= 15 is 0 Å². The van der Waals surface area contributed by atoms with Crippen LogP contribution in [0.3, 0.4) is 0 Å². The van der Waals surface area contributed by atoms with Crippen LogP contribution in [0.15, 0.2) is 24.3 Å². The monoisotopic (exact) mass is 336 g/mol. The summed E-state index contributed by atoms with van der Waals surface area (Å²) in [5.74, 6) is 1.10. The van der Waals surface area contributed by atoms with Crippen molar-refractivity contribution in [2.45, 2.75) is 79.1 Å². The fourth-order valence-electron chi connectivity index (χ4n) is 2.23. The normalized spacial score (nSPS) is 11.0. The highest BCUT2D eigenvalue weighted by Gasteiger charge is 2.16. The number of hydrogen-bond donors (Lipinski definition) is 1. The highest BCUT2D eigenvalue weighted by Crippen LogP contribution is 2.29. The first kappa shape index (κ1) is 22.5. The third-order valence-corrected chi connectivity index (χ3v) is 3.69. The first-order valence-corrected chi connectivity index (χ1v) is 9.12. The Bertz CT molecular complexity index is 458. The number of ether oxygens (including phenoxy) is 1. The molecule has 1 rings (SSSR count). The predicted octanol–water partition coefficient (Wildman–Crippen LogP) is 5.85. The summed E-state index contributed by atoms with van der Waals surface area (Å²) in [5, 5.41) is 9.45. The van der Waals surface area contributed by atoms with E-state index in [4.69, 9.17) is 4.74 Å². The second-order valence-electron chi connectivity index (χ2n) is 7.58. The van der Waals surface area contributed by atoms with E-state index in [0.29, 0.717) is 18.8 Å². The SMILES string of the molecule is CC(C)(C)c1ccccc1O.CCC(=O)OCCCCCC(C)C. The summed E-state index contributed by atoms with van der Waals surface area (Å²) in [6, 6.07) is 7.46. The van der Waals surface area contributed by atoms with Crippen LogP contribution >= 0.6 is 0 Å². The minimum atomic E-state index is -0.0798. The number of carbonyl (C=O) groups excluding carboxylic acids is 1. The Morgan fingerprint density at radius 1 is 1.12 bits per heavy atom. The molecule has 24 heavy (non-hydrogen) atoms. The highest BCUT2D eigenvalue weighted by molar-refractivity contribution is 5.68. The lowest BCUT2D eigenvalue weighted by atomic mass is 9.86. The van der Waals surface area contributed by atoms with Gasteiger partial charge in [-0.15, -0.1) is 0 Å². The molecule has 0 saturated heterocycles. The van der Waals surface area contributed by atoms with E-state index in [1.54, 1.807) is 6.07 Å². The van der Waals surface area contributed by atoms with Gasteiger partial charge >= 0.3 is 5.97 Å². The Balaban J connectivity index is 0.000000446. The predicted molar refractivity (Wildman–Crippen MR) is 101 cm³/mol. The highest BCUT2D eigenvalue weighted by atomic mass is 16.5. The minimum Gasteiger partial charge on any atom is -0.508 e. The fraction of sp³-hybridized carbons (Fsp3) is 0.667. The van der Waals surface area contributed by atoms with E-state index in [2.05, 4.69) is 34.6 Å². The quantitative estimate of drug-likeness (QED) is 0.502. The van der Waals surface area contributed by atoms with Gasteiger partial charge in [-0.2, -0.15) is 0 Å². The molecule has 0 heterocycles. The van der Waals surface area contributed by atoms with Gasteiger partial charge in [-0.3, -0.25) is 4.79 Å². The molecule has 0 atom stereocenters. The summed E-state index contributed by atoms with van der Waals surface area (Å²) in [6.07, 6.45) is 5.21. The van der Waals surface area contributed by atoms with Crippen molar-refractivity contribution in [1.29, 1.82) is 0 Å². The summed E-state index contributed by atoms with van der Waals surface area (Å²) in [7, 11) is 0. The molecule has 0 aliphatic rings. The third kappa shape index (κ3) is 11.1. The van der Waals surface area contributed by atoms with Crippen LogP contribution in [0.2, 0.25) is 0 Å². The number of hydrogen-bond acceptors (Lipinski definition) is 3. The van der Waals surface area contributed by atoms with Crippen molar-refractivity contribution in [2.75, 3.05) is 6.61 Å². The van der Waals surface area contributed by atoms with E-state index in [-0.39, 0.29) is 11.4 Å². The molecule has 0 spiro atoms. The topological polar surface area (TPSA) is 46.5 Å². The third-order valence-electron chi connectivity index (χ3n) is 3.69. The number of carbonyl (C=O) groups is 1. The Morgan fingerprint density at radius 3 is 2.21 bits per heavy atom. The first-order valence-electron chi connectivity index (χ1n) is 9.12. The molecule has 1 aromatic carbocycles. The van der Waals surface area contributed by atoms with Gasteiger partial charge in [-0.25, -0.2) is 0 Å². The molecule has 0 fully saturated rings. The van der Waals surface area contributed by atoms with Crippen LogP contribution in [-0.4, -0.2) is 17.7 Å². The average Bonchev–Trinajstić information content (AvgIpc) is 2.50. The standard InChI is InChI=1S/C11H22O2.C10H14O/c1-4-11(12)13-9-7-5-6-8-10(2)3;1-10(2,3)8-6-4-5-7-9(8)11/h10H,4-9H2,1-3H3;4-7,11H,1-3H3. The second kappa shape index (κ2) is 11.9. The smallest absolute Gasteiger partial charge is 0.305 e. The van der Waals surface area contributed by atoms with Crippen molar-refractivity contribution in [3.63, 3.8) is 0 Å². The lowest BCUT2D eigenvalue weighted by molar-refractivity contribution is -0.143. The summed E-state index contributed by atoms with van der Waals surface area (Å²) in [5.41, 5.74) is 1.03. The maximum Gasteiger partial charge on any atom is 0.305 e.